The second-order valence-electron chi connectivity index (χ2n) is 6.01. The van der Waals surface area contributed by atoms with E-state index in [2.05, 4.69) is 55.9 Å². The number of benzene rings is 2. The number of hydrogen-bond acceptors (Lipinski definition) is 6. The maximum Gasteiger partial charge on any atom is 0.244 e. The van der Waals surface area contributed by atoms with Crippen molar-refractivity contribution in [3.8, 4) is 0 Å². The first-order chi connectivity index (χ1) is 12.8. The van der Waals surface area contributed by atoms with Crippen LogP contribution in [0, 0.1) is 6.92 Å². The Hall–Kier alpha value is -3.54. The molecule has 2 aromatic carbocycles. The lowest BCUT2D eigenvalue weighted by Gasteiger charge is -2.09. The first-order valence-corrected chi connectivity index (χ1v) is 8.38. The predicted octanol–water partition coefficient (Wildman–Crippen LogP) is 4.08. The van der Waals surface area contributed by atoms with Crippen molar-refractivity contribution >= 4 is 28.4 Å². The summed E-state index contributed by atoms with van der Waals surface area (Å²) in [6.45, 7) is 2.72. The maximum atomic E-state index is 4.49. The van der Waals surface area contributed by atoms with Gasteiger partial charge in [-0.2, -0.15) is 10.1 Å². The fraction of sp³-hybridized carbons (Fsp3) is 0.100. The summed E-state index contributed by atoms with van der Waals surface area (Å²) < 4.78 is 0. The standard InChI is InChI=1S/C20H18N6/c1-14-5-2-6-15(11-14)12-22-20-25-18(13-23-26-20)24-17-9-3-7-16-8-4-10-21-19(16)17/h2-11,13H,12H2,1H3,(H2,22,24,25,26). The third kappa shape index (κ3) is 3.59. The van der Waals surface area contributed by atoms with Crippen LogP contribution in [0.1, 0.15) is 11.1 Å². The van der Waals surface area contributed by atoms with Gasteiger partial charge < -0.3 is 10.6 Å². The Kier molecular flexibility index (Phi) is 4.38. The van der Waals surface area contributed by atoms with Crippen molar-refractivity contribution in [2.24, 2.45) is 0 Å². The highest BCUT2D eigenvalue weighted by Crippen LogP contribution is 2.23. The van der Waals surface area contributed by atoms with E-state index in [1.54, 1.807) is 12.4 Å². The Balaban J connectivity index is 1.52. The molecule has 128 valence electrons. The summed E-state index contributed by atoms with van der Waals surface area (Å²) >= 11 is 0. The average molecular weight is 342 g/mol. The van der Waals surface area contributed by atoms with Crippen molar-refractivity contribution in [3.05, 3.63) is 78.1 Å². The summed E-state index contributed by atoms with van der Waals surface area (Å²) in [6.07, 6.45) is 3.38. The highest BCUT2D eigenvalue weighted by Gasteiger charge is 2.05. The Morgan fingerprint density at radius 1 is 1.00 bits per heavy atom. The lowest BCUT2D eigenvalue weighted by atomic mass is 10.1. The van der Waals surface area contributed by atoms with Gasteiger partial charge in [0.1, 0.15) is 0 Å². The van der Waals surface area contributed by atoms with Crippen LogP contribution in [0.5, 0.6) is 0 Å². The third-order valence-electron chi connectivity index (χ3n) is 3.99. The van der Waals surface area contributed by atoms with E-state index < -0.39 is 0 Å². The van der Waals surface area contributed by atoms with E-state index in [9.17, 15) is 0 Å². The molecule has 0 radical (unpaired) electrons. The summed E-state index contributed by atoms with van der Waals surface area (Å²) in [6, 6.07) is 18.2. The van der Waals surface area contributed by atoms with Gasteiger partial charge in [0.25, 0.3) is 0 Å². The third-order valence-corrected chi connectivity index (χ3v) is 3.99. The topological polar surface area (TPSA) is 75.6 Å². The van der Waals surface area contributed by atoms with E-state index >= 15 is 0 Å². The number of nitrogens with zero attached hydrogens (tertiary/aromatic N) is 4. The van der Waals surface area contributed by atoms with Gasteiger partial charge >= 0.3 is 0 Å². The van der Waals surface area contributed by atoms with Crippen molar-refractivity contribution in [1.82, 2.24) is 20.2 Å². The zero-order valence-corrected chi connectivity index (χ0v) is 14.3. The molecule has 0 atom stereocenters. The lowest BCUT2D eigenvalue weighted by Crippen LogP contribution is -2.06. The molecule has 0 bridgehead atoms. The molecule has 6 nitrogen and oxygen atoms in total. The number of rotatable bonds is 5. The van der Waals surface area contributed by atoms with Crippen LogP contribution in [0.15, 0.2) is 67.0 Å². The Morgan fingerprint density at radius 2 is 1.88 bits per heavy atom. The van der Waals surface area contributed by atoms with Crippen LogP contribution in [0.3, 0.4) is 0 Å². The molecule has 2 heterocycles. The van der Waals surface area contributed by atoms with Crippen molar-refractivity contribution in [2.45, 2.75) is 13.5 Å². The van der Waals surface area contributed by atoms with Gasteiger partial charge in [-0.1, -0.05) is 48.0 Å². The van der Waals surface area contributed by atoms with E-state index in [1.165, 1.54) is 11.1 Å². The smallest absolute Gasteiger partial charge is 0.244 e. The fourth-order valence-electron chi connectivity index (χ4n) is 2.78. The van der Waals surface area contributed by atoms with Gasteiger partial charge in [-0.05, 0) is 24.6 Å². The van der Waals surface area contributed by atoms with E-state index in [0.29, 0.717) is 18.3 Å². The average Bonchev–Trinajstić information content (AvgIpc) is 2.67. The van der Waals surface area contributed by atoms with E-state index in [4.69, 9.17) is 0 Å². The molecule has 0 unspecified atom stereocenters. The van der Waals surface area contributed by atoms with Gasteiger partial charge in [0.2, 0.25) is 5.95 Å². The summed E-state index contributed by atoms with van der Waals surface area (Å²) in [7, 11) is 0. The molecule has 0 saturated heterocycles. The van der Waals surface area contributed by atoms with Crippen molar-refractivity contribution in [3.63, 3.8) is 0 Å². The molecule has 2 N–H and O–H groups in total. The van der Waals surface area contributed by atoms with E-state index in [0.717, 1.165) is 16.6 Å². The molecular weight excluding hydrogens is 324 g/mol. The van der Waals surface area contributed by atoms with Crippen molar-refractivity contribution < 1.29 is 0 Å². The van der Waals surface area contributed by atoms with Gasteiger partial charge in [-0.25, -0.2) is 0 Å². The zero-order valence-electron chi connectivity index (χ0n) is 14.3. The highest BCUT2D eigenvalue weighted by atomic mass is 15.3. The van der Waals surface area contributed by atoms with Gasteiger partial charge in [0.15, 0.2) is 5.82 Å². The van der Waals surface area contributed by atoms with Crippen LogP contribution >= 0.6 is 0 Å². The molecule has 26 heavy (non-hydrogen) atoms. The van der Waals surface area contributed by atoms with E-state index in [-0.39, 0.29) is 0 Å². The van der Waals surface area contributed by atoms with E-state index in [1.807, 2.05) is 36.4 Å². The summed E-state index contributed by atoms with van der Waals surface area (Å²) in [4.78, 5) is 8.93. The number of aryl methyl sites for hydroxylation is 1. The number of pyridine rings is 1. The number of para-hydroxylation sites is 1. The van der Waals surface area contributed by atoms with Crippen LogP contribution < -0.4 is 10.6 Å². The molecule has 0 spiro atoms. The van der Waals surface area contributed by atoms with Crippen LogP contribution in [-0.4, -0.2) is 20.2 Å². The largest absolute Gasteiger partial charge is 0.349 e. The number of aromatic nitrogens is 4. The molecule has 2 aromatic heterocycles. The van der Waals surface area contributed by atoms with Crippen LogP contribution in [0.2, 0.25) is 0 Å². The van der Waals surface area contributed by atoms with Gasteiger partial charge in [0, 0.05) is 18.1 Å². The Morgan fingerprint density at radius 3 is 2.81 bits per heavy atom. The number of hydrogen-bond donors (Lipinski definition) is 2. The van der Waals surface area contributed by atoms with Crippen LogP contribution in [0.25, 0.3) is 10.9 Å². The molecule has 4 aromatic rings. The molecule has 0 aliphatic heterocycles. The molecule has 0 fully saturated rings. The zero-order chi connectivity index (χ0) is 17.8. The molecule has 0 aliphatic rings. The minimum absolute atomic E-state index is 0.477. The molecule has 4 rings (SSSR count). The summed E-state index contributed by atoms with van der Waals surface area (Å²) in [5, 5.41) is 15.6. The number of anilines is 3. The van der Waals surface area contributed by atoms with Crippen molar-refractivity contribution in [2.75, 3.05) is 10.6 Å². The monoisotopic (exact) mass is 342 g/mol. The maximum absolute atomic E-state index is 4.49. The SMILES string of the molecule is Cc1cccc(CNc2nncc(Nc3cccc4cccnc34)n2)c1. The first kappa shape index (κ1) is 16.0. The minimum Gasteiger partial charge on any atom is -0.349 e. The number of fused-ring (bicyclic) bond motifs is 1. The Labute approximate surface area is 151 Å². The lowest BCUT2D eigenvalue weighted by molar-refractivity contribution is 0.948. The number of nitrogens with one attached hydrogen (secondary N) is 2. The Bertz CT molecular complexity index is 1040. The summed E-state index contributed by atoms with van der Waals surface area (Å²) in [5.74, 6) is 1.09. The minimum atomic E-state index is 0.477. The quantitative estimate of drug-likeness (QED) is 0.569. The molecule has 0 saturated carbocycles. The fourth-order valence-corrected chi connectivity index (χ4v) is 2.78. The molecule has 0 aliphatic carbocycles. The van der Waals surface area contributed by atoms with Crippen LogP contribution in [0.4, 0.5) is 17.5 Å². The van der Waals surface area contributed by atoms with Crippen molar-refractivity contribution in [1.29, 1.82) is 0 Å². The predicted molar refractivity (Wildman–Crippen MR) is 103 cm³/mol. The second kappa shape index (κ2) is 7.14. The molecule has 6 heteroatoms. The normalized spacial score (nSPS) is 10.7. The van der Waals surface area contributed by atoms with Gasteiger partial charge in [-0.15, -0.1) is 5.10 Å². The molecule has 0 amide bonds. The van der Waals surface area contributed by atoms with Crippen LogP contribution in [-0.2, 0) is 6.54 Å². The summed E-state index contributed by atoms with van der Waals surface area (Å²) in [5.41, 5.74) is 4.17. The van der Waals surface area contributed by atoms with Gasteiger partial charge in [-0.3, -0.25) is 4.98 Å². The first-order valence-electron chi connectivity index (χ1n) is 8.38. The molecular formula is C20H18N6. The second-order valence-corrected chi connectivity index (χ2v) is 6.01. The highest BCUT2D eigenvalue weighted by molar-refractivity contribution is 5.91. The van der Waals surface area contributed by atoms with Gasteiger partial charge in [0.05, 0.1) is 17.4 Å².